The van der Waals surface area contributed by atoms with Crippen LogP contribution in [0, 0.1) is 32.6 Å². The number of aliphatic hydroxyl groups excluding tert-OH is 1. The topological polar surface area (TPSA) is 83.9 Å². The van der Waals surface area contributed by atoms with Gasteiger partial charge in [0.05, 0.1) is 27.0 Å². The number of sulfonamides is 1. The molecule has 0 aliphatic carbocycles. The van der Waals surface area contributed by atoms with Crippen LogP contribution in [0.3, 0.4) is 0 Å². The molecule has 5 atom stereocenters. The van der Waals surface area contributed by atoms with Crippen LogP contribution in [0.4, 0.5) is 0 Å². The zero-order valence-electron chi connectivity index (χ0n) is 28.1. The average molecular weight is 684 g/mol. The molecule has 0 radical (unpaired) electrons. The maximum Gasteiger partial charge on any atom is 0.311 e. The quantitative estimate of drug-likeness (QED) is 0.182. The van der Waals surface area contributed by atoms with Crippen LogP contribution in [0.1, 0.15) is 74.5 Å². The van der Waals surface area contributed by atoms with Crippen molar-refractivity contribution in [2.45, 2.75) is 95.1 Å². The van der Waals surface area contributed by atoms with E-state index in [1.165, 1.54) is 10.7 Å². The number of hydrogen-bond acceptors (Lipinski definition) is 7. The van der Waals surface area contributed by atoms with Gasteiger partial charge in [0.2, 0.25) is 10.0 Å². The van der Waals surface area contributed by atoms with E-state index in [-0.39, 0.29) is 21.4 Å². The molecule has 0 unspecified atom stereocenters. The second kappa shape index (κ2) is 15.7. The highest BCUT2D eigenvalue weighted by molar-refractivity contribution is 8.18. The molecule has 4 rings (SSSR count). The Labute approximate surface area is 284 Å². The number of rotatable bonds is 13. The molecule has 250 valence electrons. The number of ether oxygens (including phenoxy) is 1. The normalized spacial score (nSPS) is 18.4. The van der Waals surface area contributed by atoms with E-state index in [0.717, 1.165) is 29.1 Å². The second-order valence-electron chi connectivity index (χ2n) is 12.9. The standard InChI is InChI=1S/C37H49NO5S3/c1-25-21-26(2)35(27(3)22-25)46(41,42)38(24-31-15-10-8-11-16-31)30(6)34(32-17-12-9-13-18-32)43-36(40)29(5)33(39)28(4)23-37(7)44-19-14-20-45-37/h8-13,15-18,21-22,28-30,33-34,39H,14,19-20,23-24H2,1-7H3/t28-,29-,30+,33-,34+/m0/s1. The molecule has 0 amide bonds. The third kappa shape index (κ3) is 8.78. The van der Waals surface area contributed by atoms with Crippen LogP contribution in [0.5, 0.6) is 0 Å². The summed E-state index contributed by atoms with van der Waals surface area (Å²) in [5, 5.41) is 11.4. The van der Waals surface area contributed by atoms with Crippen molar-refractivity contribution in [2.75, 3.05) is 11.5 Å². The Morgan fingerprint density at radius 1 is 0.935 bits per heavy atom. The van der Waals surface area contributed by atoms with E-state index in [4.69, 9.17) is 4.74 Å². The third-order valence-corrected chi connectivity index (χ3v) is 14.4. The Morgan fingerprint density at radius 2 is 1.48 bits per heavy atom. The zero-order valence-corrected chi connectivity index (χ0v) is 30.6. The molecule has 1 fully saturated rings. The van der Waals surface area contributed by atoms with Crippen LogP contribution in [-0.4, -0.2) is 51.5 Å². The molecule has 3 aromatic rings. The van der Waals surface area contributed by atoms with Gasteiger partial charge in [-0.15, -0.1) is 23.5 Å². The van der Waals surface area contributed by atoms with Crippen LogP contribution in [-0.2, 0) is 26.1 Å². The fourth-order valence-corrected chi connectivity index (χ4v) is 11.8. The Bertz CT molecular complexity index is 1540. The maximum absolute atomic E-state index is 14.6. The molecule has 3 aromatic carbocycles. The first-order valence-corrected chi connectivity index (χ1v) is 19.5. The van der Waals surface area contributed by atoms with Crippen LogP contribution < -0.4 is 0 Å². The molecule has 1 heterocycles. The van der Waals surface area contributed by atoms with Crippen molar-refractivity contribution < 1.29 is 23.1 Å². The van der Waals surface area contributed by atoms with Gasteiger partial charge in [0, 0.05) is 6.54 Å². The van der Waals surface area contributed by atoms with E-state index in [1.807, 2.05) is 124 Å². The van der Waals surface area contributed by atoms with Gasteiger partial charge >= 0.3 is 5.97 Å². The van der Waals surface area contributed by atoms with Crippen molar-refractivity contribution in [3.05, 3.63) is 101 Å². The lowest BCUT2D eigenvalue weighted by atomic mass is 9.90. The second-order valence-corrected chi connectivity index (χ2v) is 18.2. The van der Waals surface area contributed by atoms with Crippen molar-refractivity contribution >= 4 is 39.5 Å². The van der Waals surface area contributed by atoms with Gasteiger partial charge in [-0.05, 0) is 94.1 Å². The number of nitrogens with zero attached hydrogens (tertiary/aromatic N) is 1. The highest BCUT2D eigenvalue weighted by Gasteiger charge is 2.40. The van der Waals surface area contributed by atoms with Gasteiger partial charge in [0.15, 0.2) is 0 Å². The summed E-state index contributed by atoms with van der Waals surface area (Å²) in [6, 6.07) is 21.8. The predicted molar refractivity (Wildman–Crippen MR) is 191 cm³/mol. The third-order valence-electron chi connectivity index (χ3n) is 8.88. The summed E-state index contributed by atoms with van der Waals surface area (Å²) >= 11 is 3.85. The van der Waals surface area contributed by atoms with Crippen molar-refractivity contribution in [1.29, 1.82) is 0 Å². The van der Waals surface area contributed by atoms with E-state index >= 15 is 0 Å². The van der Waals surface area contributed by atoms with Crippen LogP contribution in [0.15, 0.2) is 77.7 Å². The van der Waals surface area contributed by atoms with Gasteiger partial charge in [0.25, 0.3) is 0 Å². The molecule has 0 bridgehead atoms. The molecule has 9 heteroatoms. The van der Waals surface area contributed by atoms with Crippen LogP contribution >= 0.6 is 23.5 Å². The van der Waals surface area contributed by atoms with Crippen LogP contribution in [0.2, 0.25) is 0 Å². The summed E-state index contributed by atoms with van der Waals surface area (Å²) in [6.07, 6.45) is 0.146. The number of carbonyl (C=O) groups is 1. The van der Waals surface area contributed by atoms with Crippen molar-refractivity contribution in [3.63, 3.8) is 0 Å². The minimum absolute atomic E-state index is 0.00188. The minimum Gasteiger partial charge on any atom is -0.455 e. The number of esters is 1. The highest BCUT2D eigenvalue weighted by atomic mass is 32.2. The summed E-state index contributed by atoms with van der Waals surface area (Å²) in [4.78, 5) is 14.1. The molecular weight excluding hydrogens is 635 g/mol. The fourth-order valence-electron chi connectivity index (χ4n) is 6.51. The predicted octanol–water partition coefficient (Wildman–Crippen LogP) is 8.09. The number of carbonyl (C=O) groups excluding carboxylic acids is 1. The first kappa shape index (κ1) is 36.5. The van der Waals surface area contributed by atoms with Gasteiger partial charge in [-0.1, -0.05) is 85.3 Å². The lowest BCUT2D eigenvalue weighted by Gasteiger charge is -2.37. The van der Waals surface area contributed by atoms with Crippen LogP contribution in [0.25, 0.3) is 0 Å². The molecular formula is C37H49NO5S3. The van der Waals surface area contributed by atoms with Gasteiger partial charge in [-0.2, -0.15) is 4.31 Å². The van der Waals surface area contributed by atoms with Crippen molar-refractivity contribution in [3.8, 4) is 0 Å². The summed E-state index contributed by atoms with van der Waals surface area (Å²) in [5.74, 6) is 0.737. The minimum atomic E-state index is -4.05. The lowest BCUT2D eigenvalue weighted by Crippen LogP contribution is -2.44. The average Bonchev–Trinajstić information content (AvgIpc) is 3.01. The summed E-state index contributed by atoms with van der Waals surface area (Å²) in [6.45, 7) is 13.4. The van der Waals surface area contributed by atoms with Gasteiger partial charge in [-0.3, -0.25) is 4.79 Å². The number of aliphatic hydroxyl groups is 1. The highest BCUT2D eigenvalue weighted by Crippen LogP contribution is 2.47. The zero-order chi connectivity index (χ0) is 33.6. The SMILES string of the molecule is Cc1cc(C)c(S(=O)(=O)N(Cc2ccccc2)[C@H](C)[C@@H](OC(=O)[C@@H](C)[C@@H](O)[C@@H](C)CC2(C)SCCCS2)c2ccccc2)c(C)c1. The smallest absolute Gasteiger partial charge is 0.311 e. The van der Waals surface area contributed by atoms with Gasteiger partial charge < -0.3 is 9.84 Å². The van der Waals surface area contributed by atoms with E-state index in [1.54, 1.807) is 13.8 Å². The van der Waals surface area contributed by atoms with Crippen molar-refractivity contribution in [1.82, 2.24) is 4.31 Å². The maximum atomic E-state index is 14.6. The van der Waals surface area contributed by atoms with E-state index in [0.29, 0.717) is 16.7 Å². The number of benzene rings is 3. The Hall–Kier alpha value is -2.30. The van der Waals surface area contributed by atoms with Gasteiger partial charge in [-0.25, -0.2) is 8.42 Å². The summed E-state index contributed by atoms with van der Waals surface area (Å²) in [7, 11) is -4.05. The molecule has 0 saturated carbocycles. The molecule has 6 nitrogen and oxygen atoms in total. The number of thioether (sulfide) groups is 2. The number of hydrogen-bond donors (Lipinski definition) is 1. The Kier molecular flexibility index (Phi) is 12.5. The molecule has 0 aromatic heterocycles. The summed E-state index contributed by atoms with van der Waals surface area (Å²) in [5.41, 5.74) is 3.84. The molecule has 1 aliphatic rings. The lowest BCUT2D eigenvalue weighted by molar-refractivity contribution is -0.161. The molecule has 1 N–H and O–H groups in total. The first-order chi connectivity index (χ1) is 21.7. The molecule has 0 spiro atoms. The van der Waals surface area contributed by atoms with E-state index in [2.05, 4.69) is 6.92 Å². The molecule has 1 aliphatic heterocycles. The van der Waals surface area contributed by atoms with E-state index < -0.39 is 40.2 Å². The first-order valence-electron chi connectivity index (χ1n) is 16.1. The monoisotopic (exact) mass is 683 g/mol. The Morgan fingerprint density at radius 3 is 2.04 bits per heavy atom. The number of aryl methyl sites for hydroxylation is 3. The summed E-state index contributed by atoms with van der Waals surface area (Å²) < 4.78 is 37.0. The largest absolute Gasteiger partial charge is 0.455 e. The molecule has 1 saturated heterocycles. The van der Waals surface area contributed by atoms with Gasteiger partial charge in [0.1, 0.15) is 6.10 Å². The fraction of sp³-hybridized carbons (Fsp3) is 0.486. The molecule has 46 heavy (non-hydrogen) atoms. The van der Waals surface area contributed by atoms with Crippen molar-refractivity contribution in [2.24, 2.45) is 11.8 Å². The Balaban J connectivity index is 1.68. The van der Waals surface area contributed by atoms with E-state index in [9.17, 15) is 18.3 Å².